The van der Waals surface area contributed by atoms with Crippen molar-refractivity contribution in [1.29, 1.82) is 0 Å². The van der Waals surface area contributed by atoms with E-state index in [9.17, 15) is 9.90 Å². The molecule has 0 amide bonds. The molecule has 0 fully saturated rings. The Balaban J connectivity index is 2.38. The molecule has 0 unspecified atom stereocenters. The Hall–Kier alpha value is -1.95. The van der Waals surface area contributed by atoms with Gasteiger partial charge in [0.2, 0.25) is 0 Å². The number of ether oxygens (including phenoxy) is 1. The Kier molecular flexibility index (Phi) is 8.41. The van der Waals surface area contributed by atoms with Crippen LogP contribution in [0.25, 0.3) is 0 Å². The number of benzene rings is 2. The summed E-state index contributed by atoms with van der Waals surface area (Å²) in [4.78, 5) is 12.1. The average Bonchev–Trinajstić information content (AvgIpc) is 2.73. The van der Waals surface area contributed by atoms with Gasteiger partial charge in [-0.15, -0.1) is 0 Å². The summed E-state index contributed by atoms with van der Waals surface area (Å²) < 4.78 is 11.9. The van der Waals surface area contributed by atoms with Crippen molar-refractivity contribution in [3.05, 3.63) is 60.7 Å². The van der Waals surface area contributed by atoms with Gasteiger partial charge >= 0.3 is 5.97 Å². The standard InChI is InChI=1S/C25H36O4Si/c1-7-28-24(27)20(3)23(26)19(2)18-29-30(25(4,5)6,21-14-10-8-11-15-21)22-16-12-9-13-17-22/h8-17,19-20,23,26H,7,18H2,1-6H3/t19-,20+,23-/m1/s1. The Labute approximate surface area is 182 Å². The van der Waals surface area contributed by atoms with Gasteiger partial charge in [0.05, 0.1) is 18.6 Å². The van der Waals surface area contributed by atoms with Crippen LogP contribution in [0.3, 0.4) is 0 Å². The Morgan fingerprint density at radius 1 is 0.967 bits per heavy atom. The van der Waals surface area contributed by atoms with E-state index < -0.39 is 20.3 Å². The van der Waals surface area contributed by atoms with Crippen LogP contribution in [0.5, 0.6) is 0 Å². The first-order chi connectivity index (χ1) is 14.1. The molecule has 164 valence electrons. The molecule has 0 radical (unpaired) electrons. The average molecular weight is 429 g/mol. The van der Waals surface area contributed by atoms with Crippen molar-refractivity contribution in [3.8, 4) is 0 Å². The van der Waals surface area contributed by atoms with Crippen LogP contribution in [0.4, 0.5) is 0 Å². The molecule has 3 atom stereocenters. The smallest absolute Gasteiger partial charge is 0.311 e. The lowest BCUT2D eigenvalue weighted by Crippen LogP contribution is -2.67. The SMILES string of the molecule is CCOC(=O)[C@@H](C)[C@H](O)[C@H](C)CO[Si](c1ccccc1)(c1ccccc1)C(C)(C)C. The quantitative estimate of drug-likeness (QED) is 0.488. The number of rotatable bonds is 9. The van der Waals surface area contributed by atoms with Crippen molar-refractivity contribution in [2.45, 2.75) is 52.7 Å². The highest BCUT2D eigenvalue weighted by atomic mass is 28.4. The lowest BCUT2D eigenvalue weighted by Gasteiger charge is -2.44. The van der Waals surface area contributed by atoms with Crippen LogP contribution in [0.15, 0.2) is 60.7 Å². The highest BCUT2D eigenvalue weighted by Gasteiger charge is 2.50. The maximum Gasteiger partial charge on any atom is 0.311 e. The summed E-state index contributed by atoms with van der Waals surface area (Å²) in [7, 11) is -2.66. The molecule has 0 aliphatic carbocycles. The highest BCUT2D eigenvalue weighted by Crippen LogP contribution is 2.37. The zero-order chi connectivity index (χ0) is 22.4. The van der Waals surface area contributed by atoms with Gasteiger partial charge in [-0.3, -0.25) is 4.79 Å². The number of aliphatic hydroxyl groups excluding tert-OH is 1. The third-order valence-corrected chi connectivity index (χ3v) is 10.7. The second-order valence-electron chi connectivity index (χ2n) is 8.98. The molecule has 0 aliphatic rings. The number of esters is 1. The first kappa shape index (κ1) is 24.3. The molecule has 1 N–H and O–H groups in total. The summed E-state index contributed by atoms with van der Waals surface area (Å²) in [5.41, 5.74) is 0. The van der Waals surface area contributed by atoms with E-state index >= 15 is 0 Å². The van der Waals surface area contributed by atoms with Gasteiger partial charge in [-0.2, -0.15) is 0 Å². The lowest BCUT2D eigenvalue weighted by molar-refractivity contribution is -0.152. The predicted molar refractivity (Wildman–Crippen MR) is 125 cm³/mol. The fraction of sp³-hybridized carbons (Fsp3) is 0.480. The zero-order valence-electron chi connectivity index (χ0n) is 19.1. The fourth-order valence-electron chi connectivity index (χ4n) is 4.02. The molecule has 2 aromatic carbocycles. The van der Waals surface area contributed by atoms with Crippen LogP contribution in [-0.2, 0) is 14.0 Å². The first-order valence-corrected chi connectivity index (χ1v) is 12.7. The molecule has 0 saturated heterocycles. The van der Waals surface area contributed by atoms with Crippen LogP contribution >= 0.6 is 0 Å². The predicted octanol–water partition coefficient (Wildman–Crippen LogP) is 3.76. The Morgan fingerprint density at radius 2 is 1.43 bits per heavy atom. The van der Waals surface area contributed by atoms with Crippen LogP contribution in [0.2, 0.25) is 5.04 Å². The third-order valence-electron chi connectivity index (χ3n) is 5.73. The van der Waals surface area contributed by atoms with Crippen LogP contribution < -0.4 is 10.4 Å². The Morgan fingerprint density at radius 3 is 1.83 bits per heavy atom. The maximum absolute atomic E-state index is 12.1. The van der Waals surface area contributed by atoms with Crippen molar-refractivity contribution < 1.29 is 19.1 Å². The van der Waals surface area contributed by atoms with Gasteiger partial charge in [0, 0.05) is 12.5 Å². The number of hydrogen-bond donors (Lipinski definition) is 1. The van der Waals surface area contributed by atoms with Crippen LogP contribution in [0, 0.1) is 11.8 Å². The third kappa shape index (κ3) is 5.20. The summed E-state index contributed by atoms with van der Waals surface area (Å²) in [5, 5.41) is 13.0. The molecule has 0 aromatic heterocycles. The van der Waals surface area contributed by atoms with Crippen molar-refractivity contribution >= 4 is 24.7 Å². The molecule has 0 spiro atoms. The number of carbonyl (C=O) groups is 1. The van der Waals surface area contributed by atoms with Crippen LogP contribution in [-0.4, -0.2) is 38.7 Å². The molecule has 2 rings (SSSR count). The first-order valence-electron chi connectivity index (χ1n) is 10.7. The van der Waals surface area contributed by atoms with E-state index in [4.69, 9.17) is 9.16 Å². The molecule has 4 nitrogen and oxygen atoms in total. The molecule has 0 bridgehead atoms. The van der Waals surface area contributed by atoms with Gasteiger partial charge in [0.1, 0.15) is 0 Å². The number of carbonyl (C=O) groups excluding carboxylic acids is 1. The monoisotopic (exact) mass is 428 g/mol. The summed E-state index contributed by atoms with van der Waals surface area (Å²) in [5.74, 6) is -1.18. The van der Waals surface area contributed by atoms with E-state index in [0.717, 1.165) is 0 Å². The molecular formula is C25H36O4Si. The topological polar surface area (TPSA) is 55.8 Å². The Bertz CT molecular complexity index is 746. The molecule has 2 aromatic rings. The van der Waals surface area contributed by atoms with E-state index in [1.54, 1.807) is 13.8 Å². The largest absolute Gasteiger partial charge is 0.466 e. The minimum atomic E-state index is -2.66. The second kappa shape index (κ2) is 10.4. The van der Waals surface area contributed by atoms with Gasteiger partial charge in [0.25, 0.3) is 8.32 Å². The number of hydrogen-bond acceptors (Lipinski definition) is 4. The fourth-order valence-corrected chi connectivity index (χ4v) is 8.69. The molecular weight excluding hydrogens is 392 g/mol. The van der Waals surface area contributed by atoms with E-state index in [2.05, 4.69) is 69.3 Å². The molecule has 0 saturated carbocycles. The van der Waals surface area contributed by atoms with E-state index in [0.29, 0.717) is 13.2 Å². The molecule has 0 heterocycles. The summed E-state index contributed by atoms with van der Waals surface area (Å²) >= 11 is 0. The highest BCUT2D eigenvalue weighted by molar-refractivity contribution is 6.99. The number of aliphatic hydroxyl groups is 1. The van der Waals surface area contributed by atoms with E-state index in [1.165, 1.54) is 10.4 Å². The minimum Gasteiger partial charge on any atom is -0.466 e. The van der Waals surface area contributed by atoms with Crippen molar-refractivity contribution in [1.82, 2.24) is 0 Å². The summed E-state index contributed by atoms with van der Waals surface area (Å²) in [6.07, 6.45) is -0.831. The van der Waals surface area contributed by atoms with Gasteiger partial charge < -0.3 is 14.3 Å². The van der Waals surface area contributed by atoms with E-state index in [-0.39, 0.29) is 16.9 Å². The van der Waals surface area contributed by atoms with Gasteiger partial charge in [0.15, 0.2) is 0 Å². The summed E-state index contributed by atoms with van der Waals surface area (Å²) in [6.45, 7) is 12.7. The minimum absolute atomic E-state index is 0.132. The van der Waals surface area contributed by atoms with Crippen LogP contribution in [0.1, 0.15) is 41.5 Å². The maximum atomic E-state index is 12.1. The lowest BCUT2D eigenvalue weighted by atomic mass is 9.94. The molecule has 5 heteroatoms. The van der Waals surface area contributed by atoms with Crippen molar-refractivity contribution in [3.63, 3.8) is 0 Å². The summed E-state index contributed by atoms with van der Waals surface area (Å²) in [6, 6.07) is 20.8. The normalized spacial score (nSPS) is 15.3. The van der Waals surface area contributed by atoms with Gasteiger partial charge in [-0.1, -0.05) is 88.4 Å². The van der Waals surface area contributed by atoms with Gasteiger partial charge in [-0.05, 0) is 29.3 Å². The van der Waals surface area contributed by atoms with Crippen molar-refractivity contribution in [2.75, 3.05) is 13.2 Å². The van der Waals surface area contributed by atoms with Gasteiger partial charge in [-0.25, -0.2) is 0 Å². The van der Waals surface area contributed by atoms with E-state index in [1.807, 2.05) is 19.1 Å². The molecule has 0 aliphatic heterocycles. The van der Waals surface area contributed by atoms with Crippen molar-refractivity contribution in [2.24, 2.45) is 11.8 Å². The second-order valence-corrected chi connectivity index (χ2v) is 13.3. The zero-order valence-corrected chi connectivity index (χ0v) is 20.1. The molecule has 30 heavy (non-hydrogen) atoms.